The van der Waals surface area contributed by atoms with Crippen molar-refractivity contribution >= 4 is 34.6 Å². The zero-order valence-electron chi connectivity index (χ0n) is 10.3. The molecule has 0 aliphatic rings. The van der Waals surface area contributed by atoms with E-state index in [-0.39, 0.29) is 17.1 Å². The van der Waals surface area contributed by atoms with Crippen molar-refractivity contribution in [2.45, 2.75) is 0 Å². The first kappa shape index (κ1) is 12.6. The van der Waals surface area contributed by atoms with Gasteiger partial charge >= 0.3 is 0 Å². The minimum Gasteiger partial charge on any atom is -0.452 e. The van der Waals surface area contributed by atoms with Gasteiger partial charge in [-0.2, -0.15) is 0 Å². The van der Waals surface area contributed by atoms with Gasteiger partial charge in [0.1, 0.15) is 5.58 Å². The Balaban J connectivity index is 2.16. The van der Waals surface area contributed by atoms with E-state index in [1.807, 2.05) is 0 Å². The number of para-hydroxylation sites is 1. The van der Waals surface area contributed by atoms with Crippen molar-refractivity contribution in [1.29, 1.82) is 0 Å². The van der Waals surface area contributed by atoms with Crippen molar-refractivity contribution in [3.63, 3.8) is 0 Å². The number of hydrogen-bond donors (Lipinski definition) is 0. The number of furan rings is 1. The lowest BCUT2D eigenvalue weighted by Gasteiger charge is -1.98. The molecule has 1 heterocycles. The number of carbonyl (C=O) groups is 2. The molecule has 0 N–H and O–H groups in total. The lowest BCUT2D eigenvalue weighted by atomic mass is 10.0. The maximum absolute atomic E-state index is 12.4. The number of carbonyl (C=O) groups excluding carboxylic acids is 2. The second-order valence-electron chi connectivity index (χ2n) is 4.29. The number of aldehydes is 1. The summed E-state index contributed by atoms with van der Waals surface area (Å²) in [6.45, 7) is 0. The Morgan fingerprint density at radius 3 is 2.45 bits per heavy atom. The summed E-state index contributed by atoms with van der Waals surface area (Å²) in [4.78, 5) is 23.7. The van der Waals surface area contributed by atoms with Crippen LogP contribution in [0.3, 0.4) is 0 Å². The molecule has 0 amide bonds. The molecule has 0 saturated heterocycles. The zero-order valence-corrected chi connectivity index (χ0v) is 11.1. The Hall–Kier alpha value is -2.39. The summed E-state index contributed by atoms with van der Waals surface area (Å²) in [6.07, 6.45) is 0.648. The molecule has 98 valence electrons. The van der Waals surface area contributed by atoms with Crippen molar-refractivity contribution in [3.8, 4) is 0 Å². The molecule has 2 aromatic carbocycles. The van der Waals surface area contributed by atoms with Crippen molar-refractivity contribution in [2.75, 3.05) is 0 Å². The quantitative estimate of drug-likeness (QED) is 0.537. The molecular formula is C16H9ClO3. The number of hydrogen-bond acceptors (Lipinski definition) is 3. The van der Waals surface area contributed by atoms with Crippen LogP contribution in [-0.4, -0.2) is 12.1 Å². The molecule has 0 aliphatic carbocycles. The molecule has 0 spiro atoms. The Morgan fingerprint density at radius 2 is 1.75 bits per heavy atom. The van der Waals surface area contributed by atoms with Gasteiger partial charge in [0, 0.05) is 16.0 Å². The number of benzene rings is 2. The van der Waals surface area contributed by atoms with Gasteiger partial charge in [0.25, 0.3) is 0 Å². The summed E-state index contributed by atoms with van der Waals surface area (Å²) in [5, 5.41) is 1.18. The number of halogens is 1. The highest BCUT2D eigenvalue weighted by atomic mass is 35.5. The highest BCUT2D eigenvalue weighted by molar-refractivity contribution is 6.30. The first-order valence-electron chi connectivity index (χ1n) is 5.97. The van der Waals surface area contributed by atoms with Crippen molar-refractivity contribution < 1.29 is 14.0 Å². The van der Waals surface area contributed by atoms with Gasteiger partial charge in [-0.1, -0.05) is 29.8 Å². The van der Waals surface area contributed by atoms with E-state index in [9.17, 15) is 9.59 Å². The minimum atomic E-state index is -0.333. The molecule has 3 aromatic rings. The Kier molecular flexibility index (Phi) is 3.12. The van der Waals surface area contributed by atoms with Gasteiger partial charge in [0.05, 0.1) is 5.56 Å². The Morgan fingerprint density at radius 1 is 1.05 bits per heavy atom. The van der Waals surface area contributed by atoms with Crippen molar-refractivity contribution in [2.24, 2.45) is 0 Å². The molecule has 0 radical (unpaired) electrons. The molecule has 0 unspecified atom stereocenters. The van der Waals surface area contributed by atoms with Crippen LogP contribution < -0.4 is 0 Å². The van der Waals surface area contributed by atoms with Crippen LogP contribution in [0.2, 0.25) is 5.02 Å². The fraction of sp³-hybridized carbons (Fsp3) is 0. The standard InChI is InChI=1S/C16H9ClO3/c17-11-7-5-10(6-8-11)15(19)16-13(9-18)12-3-1-2-4-14(12)20-16/h1-9H. The first-order chi connectivity index (χ1) is 9.70. The van der Waals surface area contributed by atoms with Crippen LogP contribution in [0.4, 0.5) is 0 Å². The topological polar surface area (TPSA) is 47.3 Å². The van der Waals surface area contributed by atoms with Crippen LogP contribution in [0.25, 0.3) is 11.0 Å². The van der Waals surface area contributed by atoms with Gasteiger partial charge in [-0.05, 0) is 30.3 Å². The molecule has 20 heavy (non-hydrogen) atoms. The smallest absolute Gasteiger partial charge is 0.228 e. The maximum atomic E-state index is 12.4. The summed E-state index contributed by atoms with van der Waals surface area (Å²) in [7, 11) is 0. The lowest BCUT2D eigenvalue weighted by molar-refractivity contribution is 0.100. The largest absolute Gasteiger partial charge is 0.452 e. The van der Waals surface area contributed by atoms with E-state index in [1.165, 1.54) is 0 Å². The third-order valence-electron chi connectivity index (χ3n) is 3.06. The van der Waals surface area contributed by atoms with E-state index in [1.54, 1.807) is 48.5 Å². The van der Waals surface area contributed by atoms with Crippen LogP contribution in [0.1, 0.15) is 26.5 Å². The molecule has 0 bridgehead atoms. The van der Waals surface area contributed by atoms with Gasteiger partial charge in [-0.25, -0.2) is 0 Å². The van der Waals surface area contributed by atoms with Crippen molar-refractivity contribution in [1.82, 2.24) is 0 Å². The monoisotopic (exact) mass is 284 g/mol. The normalized spacial score (nSPS) is 10.7. The molecular weight excluding hydrogens is 276 g/mol. The van der Waals surface area contributed by atoms with E-state index < -0.39 is 0 Å². The molecule has 4 heteroatoms. The average molecular weight is 285 g/mol. The minimum absolute atomic E-state index is 0.0588. The van der Waals surface area contributed by atoms with Gasteiger partial charge in [-0.3, -0.25) is 9.59 Å². The molecule has 0 saturated carbocycles. The summed E-state index contributed by atoms with van der Waals surface area (Å²) < 4.78 is 5.52. The summed E-state index contributed by atoms with van der Waals surface area (Å²) >= 11 is 5.79. The highest BCUT2D eigenvalue weighted by Gasteiger charge is 2.21. The molecule has 1 aromatic heterocycles. The van der Waals surface area contributed by atoms with Crippen LogP contribution in [0.5, 0.6) is 0 Å². The van der Waals surface area contributed by atoms with Gasteiger partial charge in [0.2, 0.25) is 5.78 Å². The predicted molar refractivity (Wildman–Crippen MR) is 76.5 cm³/mol. The van der Waals surface area contributed by atoms with E-state index >= 15 is 0 Å². The molecule has 0 atom stereocenters. The summed E-state index contributed by atoms with van der Waals surface area (Å²) in [5.41, 5.74) is 1.23. The number of ketones is 1. The lowest BCUT2D eigenvalue weighted by Crippen LogP contribution is -2.02. The molecule has 3 rings (SSSR count). The summed E-state index contributed by atoms with van der Waals surface area (Å²) in [6, 6.07) is 13.5. The van der Waals surface area contributed by atoms with E-state index in [4.69, 9.17) is 16.0 Å². The number of fused-ring (bicyclic) bond motifs is 1. The molecule has 3 nitrogen and oxygen atoms in total. The van der Waals surface area contributed by atoms with Crippen LogP contribution in [-0.2, 0) is 0 Å². The molecule has 0 aliphatic heterocycles. The predicted octanol–water partition coefficient (Wildman–Crippen LogP) is 4.13. The van der Waals surface area contributed by atoms with E-state index in [2.05, 4.69) is 0 Å². The van der Waals surface area contributed by atoms with Crippen LogP contribution >= 0.6 is 11.6 Å². The van der Waals surface area contributed by atoms with Crippen LogP contribution in [0.15, 0.2) is 52.9 Å². The SMILES string of the molecule is O=Cc1c(C(=O)c2ccc(Cl)cc2)oc2ccccc12. The second-order valence-corrected chi connectivity index (χ2v) is 4.73. The third-order valence-corrected chi connectivity index (χ3v) is 3.32. The number of rotatable bonds is 3. The second kappa shape index (κ2) is 4.94. The summed E-state index contributed by atoms with van der Waals surface area (Å²) in [5.74, 6) is -0.275. The molecule has 0 fully saturated rings. The highest BCUT2D eigenvalue weighted by Crippen LogP contribution is 2.26. The van der Waals surface area contributed by atoms with Gasteiger partial charge < -0.3 is 4.42 Å². The third kappa shape index (κ3) is 2.02. The average Bonchev–Trinajstić information content (AvgIpc) is 2.85. The fourth-order valence-electron chi connectivity index (χ4n) is 2.08. The van der Waals surface area contributed by atoms with Crippen LogP contribution in [0, 0.1) is 0 Å². The zero-order chi connectivity index (χ0) is 14.1. The fourth-order valence-corrected chi connectivity index (χ4v) is 2.21. The maximum Gasteiger partial charge on any atom is 0.228 e. The van der Waals surface area contributed by atoms with E-state index in [0.717, 1.165) is 0 Å². The van der Waals surface area contributed by atoms with Gasteiger partial charge in [-0.15, -0.1) is 0 Å². The Labute approximate surface area is 119 Å². The Bertz CT molecular complexity index is 800. The first-order valence-corrected chi connectivity index (χ1v) is 6.35. The van der Waals surface area contributed by atoms with Crippen molar-refractivity contribution in [3.05, 3.63) is 70.4 Å². The van der Waals surface area contributed by atoms with E-state index in [0.29, 0.717) is 27.8 Å². The van der Waals surface area contributed by atoms with Gasteiger partial charge in [0.15, 0.2) is 12.0 Å².